The van der Waals surface area contributed by atoms with Crippen LogP contribution in [-0.4, -0.2) is 48.3 Å². The van der Waals surface area contributed by atoms with E-state index in [1.807, 2.05) is 35.8 Å². The van der Waals surface area contributed by atoms with Crippen LogP contribution >= 0.6 is 0 Å². The van der Waals surface area contributed by atoms with Gasteiger partial charge in [-0.2, -0.15) is 0 Å². The molecule has 1 aliphatic heterocycles. The number of esters is 1. The van der Waals surface area contributed by atoms with Crippen molar-refractivity contribution in [3.05, 3.63) is 65.1 Å². The van der Waals surface area contributed by atoms with Gasteiger partial charge < -0.3 is 18.9 Å². The molecule has 1 saturated heterocycles. The van der Waals surface area contributed by atoms with Crippen LogP contribution in [0.1, 0.15) is 54.2 Å². The number of halogens is 1. The fourth-order valence-electron chi connectivity index (χ4n) is 4.69. The maximum absolute atomic E-state index is 13.7. The van der Waals surface area contributed by atoms with Gasteiger partial charge >= 0.3 is 5.97 Å². The average molecular weight is 453 g/mol. The maximum atomic E-state index is 13.7. The zero-order chi connectivity index (χ0) is 23.2. The summed E-state index contributed by atoms with van der Waals surface area (Å²) in [6, 6.07) is 12.4. The Morgan fingerprint density at radius 3 is 2.67 bits per heavy atom. The predicted octanol–water partition coefficient (Wildman–Crippen LogP) is 5.57. The Balaban J connectivity index is 1.56. The lowest BCUT2D eigenvalue weighted by Gasteiger charge is -2.26. The first-order valence-electron chi connectivity index (χ1n) is 12.0. The number of nitrogens with zero attached hydrogens (tertiary/aromatic N) is 2. The van der Waals surface area contributed by atoms with Crippen molar-refractivity contribution in [3.8, 4) is 5.75 Å². The Hall–Kier alpha value is -2.86. The molecule has 0 bridgehead atoms. The molecule has 176 valence electrons. The highest BCUT2D eigenvalue weighted by atomic mass is 19.1. The van der Waals surface area contributed by atoms with Gasteiger partial charge in [0.15, 0.2) is 0 Å². The molecule has 0 radical (unpaired) electrons. The molecule has 2 heterocycles. The van der Waals surface area contributed by atoms with Gasteiger partial charge in [0.1, 0.15) is 11.6 Å². The molecule has 3 aromatic rings. The van der Waals surface area contributed by atoms with Crippen molar-refractivity contribution in [2.24, 2.45) is 0 Å². The van der Waals surface area contributed by atoms with Gasteiger partial charge in [0.05, 0.1) is 18.8 Å². The van der Waals surface area contributed by atoms with Crippen LogP contribution in [-0.2, 0) is 11.3 Å². The van der Waals surface area contributed by atoms with E-state index < -0.39 is 0 Å². The molecule has 0 N–H and O–H groups in total. The van der Waals surface area contributed by atoms with E-state index in [-0.39, 0.29) is 11.8 Å². The highest BCUT2D eigenvalue weighted by Crippen LogP contribution is 2.31. The number of carbonyl (C=O) groups excluding carboxylic acids is 1. The van der Waals surface area contributed by atoms with Crippen LogP contribution < -0.4 is 4.74 Å². The van der Waals surface area contributed by atoms with E-state index in [4.69, 9.17) is 9.47 Å². The van der Waals surface area contributed by atoms with Gasteiger partial charge in [0.2, 0.25) is 0 Å². The molecule has 0 amide bonds. The summed E-state index contributed by atoms with van der Waals surface area (Å²) >= 11 is 0. The van der Waals surface area contributed by atoms with Gasteiger partial charge in [0, 0.05) is 29.7 Å². The Morgan fingerprint density at radius 1 is 1.09 bits per heavy atom. The third kappa shape index (κ3) is 5.56. The van der Waals surface area contributed by atoms with E-state index in [0.29, 0.717) is 25.3 Å². The van der Waals surface area contributed by atoms with Crippen molar-refractivity contribution in [1.29, 1.82) is 0 Å². The van der Waals surface area contributed by atoms with E-state index >= 15 is 0 Å². The summed E-state index contributed by atoms with van der Waals surface area (Å²) in [5.41, 5.74) is 3.08. The monoisotopic (exact) mass is 452 g/mol. The highest BCUT2D eigenvalue weighted by molar-refractivity contribution is 6.06. The topological polar surface area (TPSA) is 43.7 Å². The van der Waals surface area contributed by atoms with Crippen molar-refractivity contribution >= 4 is 16.9 Å². The van der Waals surface area contributed by atoms with Gasteiger partial charge in [0.25, 0.3) is 0 Å². The van der Waals surface area contributed by atoms with Crippen molar-refractivity contribution in [1.82, 2.24) is 9.47 Å². The molecule has 0 unspecified atom stereocenters. The Bertz CT molecular complexity index is 1100. The second kappa shape index (κ2) is 10.8. The maximum Gasteiger partial charge on any atom is 0.340 e. The fourth-order valence-corrected chi connectivity index (χ4v) is 4.69. The lowest BCUT2D eigenvalue weighted by atomic mass is 10.1. The zero-order valence-electron chi connectivity index (χ0n) is 19.6. The Kier molecular flexibility index (Phi) is 7.65. The third-order valence-electron chi connectivity index (χ3n) is 6.34. The van der Waals surface area contributed by atoms with Gasteiger partial charge in [-0.3, -0.25) is 0 Å². The van der Waals surface area contributed by atoms with Crippen molar-refractivity contribution in [2.45, 2.75) is 46.1 Å². The summed E-state index contributed by atoms with van der Waals surface area (Å²) in [6.07, 6.45) is 4.90. The number of benzene rings is 2. The Labute approximate surface area is 195 Å². The molecule has 0 spiro atoms. The number of piperidine rings is 1. The van der Waals surface area contributed by atoms with Crippen molar-refractivity contribution < 1.29 is 18.7 Å². The van der Waals surface area contributed by atoms with E-state index in [1.54, 1.807) is 13.0 Å². The van der Waals surface area contributed by atoms with Crippen LogP contribution in [0.3, 0.4) is 0 Å². The van der Waals surface area contributed by atoms with E-state index in [2.05, 4.69) is 4.90 Å². The molecule has 1 fully saturated rings. The number of ether oxygens (including phenoxy) is 2. The molecule has 1 aliphatic rings. The first-order chi connectivity index (χ1) is 16.1. The second-order valence-electron chi connectivity index (χ2n) is 8.68. The van der Waals surface area contributed by atoms with Crippen LogP contribution in [0, 0.1) is 12.7 Å². The number of likely N-dealkylation sites (tertiary alicyclic amines) is 1. The summed E-state index contributed by atoms with van der Waals surface area (Å²) in [5, 5.41) is 0.802. The normalized spacial score (nSPS) is 14.5. The smallest absolute Gasteiger partial charge is 0.340 e. The van der Waals surface area contributed by atoms with E-state index in [1.165, 1.54) is 44.5 Å². The molecule has 0 aliphatic carbocycles. The van der Waals surface area contributed by atoms with Crippen LogP contribution in [0.4, 0.5) is 4.39 Å². The molecule has 6 heteroatoms. The van der Waals surface area contributed by atoms with Crippen LogP contribution in [0.5, 0.6) is 5.75 Å². The summed E-state index contributed by atoms with van der Waals surface area (Å²) in [4.78, 5) is 15.3. The Morgan fingerprint density at radius 2 is 1.91 bits per heavy atom. The molecule has 33 heavy (non-hydrogen) atoms. The number of aromatic nitrogens is 1. The van der Waals surface area contributed by atoms with Crippen LogP contribution in [0.15, 0.2) is 42.5 Å². The second-order valence-corrected chi connectivity index (χ2v) is 8.68. The summed E-state index contributed by atoms with van der Waals surface area (Å²) < 4.78 is 27.2. The minimum atomic E-state index is -0.347. The molecular weight excluding hydrogens is 419 g/mol. The highest BCUT2D eigenvalue weighted by Gasteiger charge is 2.22. The molecule has 1 aromatic heterocycles. The van der Waals surface area contributed by atoms with E-state index in [9.17, 15) is 9.18 Å². The zero-order valence-corrected chi connectivity index (χ0v) is 19.6. The molecule has 5 nitrogen and oxygen atoms in total. The summed E-state index contributed by atoms with van der Waals surface area (Å²) in [6.45, 7) is 8.55. The number of fused-ring (bicyclic) bond motifs is 1. The number of carbonyl (C=O) groups is 1. The van der Waals surface area contributed by atoms with Crippen LogP contribution in [0.2, 0.25) is 0 Å². The first kappa shape index (κ1) is 23.3. The largest absolute Gasteiger partial charge is 0.494 e. The molecular formula is C27H33FN2O3. The lowest BCUT2D eigenvalue weighted by molar-refractivity contribution is 0.0527. The standard InChI is InChI=1S/C27H33FN2O3/c1-3-32-27(31)26-20(2)30(19-21-9-7-10-22(28)17-21)25-12-11-23(18-24(25)26)33-16-8-15-29-13-5-4-6-14-29/h7,9-12,17-18H,3-6,8,13-16,19H2,1-2H3. The third-order valence-corrected chi connectivity index (χ3v) is 6.34. The minimum Gasteiger partial charge on any atom is -0.494 e. The molecule has 2 aromatic carbocycles. The average Bonchev–Trinajstić information content (AvgIpc) is 3.08. The molecule has 4 rings (SSSR count). The predicted molar refractivity (Wildman–Crippen MR) is 129 cm³/mol. The van der Waals surface area contributed by atoms with Gasteiger partial charge in [-0.25, -0.2) is 9.18 Å². The van der Waals surface area contributed by atoms with Crippen LogP contribution in [0.25, 0.3) is 10.9 Å². The van der Waals surface area contributed by atoms with E-state index in [0.717, 1.165) is 40.9 Å². The number of hydrogen-bond donors (Lipinski definition) is 0. The molecule has 0 saturated carbocycles. The van der Waals surface area contributed by atoms with Crippen molar-refractivity contribution in [2.75, 3.05) is 32.8 Å². The quantitative estimate of drug-likeness (QED) is 0.315. The summed E-state index contributed by atoms with van der Waals surface area (Å²) in [7, 11) is 0. The van der Waals surface area contributed by atoms with Crippen molar-refractivity contribution in [3.63, 3.8) is 0 Å². The minimum absolute atomic E-state index is 0.271. The fraction of sp³-hybridized carbons (Fsp3) is 0.444. The number of rotatable bonds is 9. The lowest BCUT2D eigenvalue weighted by Crippen LogP contribution is -2.31. The first-order valence-corrected chi connectivity index (χ1v) is 12.0. The molecule has 0 atom stereocenters. The van der Waals surface area contributed by atoms with Gasteiger partial charge in [-0.1, -0.05) is 18.6 Å². The SMILES string of the molecule is CCOC(=O)c1c(C)n(Cc2cccc(F)c2)c2ccc(OCCCN3CCCCC3)cc12. The number of hydrogen-bond acceptors (Lipinski definition) is 4. The summed E-state index contributed by atoms with van der Waals surface area (Å²) in [5.74, 6) is 0.127. The van der Waals surface area contributed by atoms with Gasteiger partial charge in [-0.15, -0.1) is 0 Å². The van der Waals surface area contributed by atoms with Gasteiger partial charge in [-0.05, 0) is 82.1 Å².